The summed E-state index contributed by atoms with van der Waals surface area (Å²) >= 11 is 0. The number of fused-ring (bicyclic) bond motifs is 1. The summed E-state index contributed by atoms with van der Waals surface area (Å²) in [7, 11) is 0. The number of nitrogens with zero attached hydrogens (tertiary/aromatic N) is 5. The van der Waals surface area contributed by atoms with Gasteiger partial charge < -0.3 is 20.3 Å². The van der Waals surface area contributed by atoms with Gasteiger partial charge in [-0.1, -0.05) is 6.92 Å². The van der Waals surface area contributed by atoms with E-state index in [1.807, 2.05) is 47.6 Å². The predicted octanol–water partition coefficient (Wildman–Crippen LogP) is 2.63. The second-order valence-electron chi connectivity index (χ2n) is 8.17. The number of nitrogens with two attached hydrogens (primary N) is 1. The number of amides is 1. The van der Waals surface area contributed by atoms with Crippen LogP contribution in [0.3, 0.4) is 0 Å². The molecule has 0 aromatic carbocycles. The molecule has 1 fully saturated rings. The zero-order chi connectivity index (χ0) is 19.9. The molecule has 1 saturated heterocycles. The standard InChI is InChI=1S/C19H30N6O2/c1-7-14-16(20)17-21-15(10-12(2)25(17)22-14)23-8-9-24(13(3)11-23)18(26)27-19(4,5)6/h10,13H,7-9,11,20H2,1-6H3/t13-/m1/s1. The molecule has 1 amide bonds. The highest BCUT2D eigenvalue weighted by Gasteiger charge is 2.31. The molecule has 0 aliphatic carbocycles. The van der Waals surface area contributed by atoms with Crippen molar-refractivity contribution in [1.29, 1.82) is 0 Å². The van der Waals surface area contributed by atoms with Crippen LogP contribution < -0.4 is 10.6 Å². The molecule has 8 nitrogen and oxygen atoms in total. The molecule has 27 heavy (non-hydrogen) atoms. The lowest BCUT2D eigenvalue weighted by Gasteiger charge is -2.40. The van der Waals surface area contributed by atoms with E-state index in [1.54, 1.807) is 9.42 Å². The monoisotopic (exact) mass is 374 g/mol. The first-order valence-electron chi connectivity index (χ1n) is 9.50. The Bertz CT molecular complexity index is 854. The maximum atomic E-state index is 12.4. The Hall–Kier alpha value is -2.51. The molecular weight excluding hydrogens is 344 g/mol. The third kappa shape index (κ3) is 3.79. The average Bonchev–Trinajstić information content (AvgIpc) is 2.90. The lowest BCUT2D eigenvalue weighted by atomic mass is 10.2. The van der Waals surface area contributed by atoms with Crippen molar-refractivity contribution in [1.82, 2.24) is 19.5 Å². The van der Waals surface area contributed by atoms with Crippen molar-refractivity contribution >= 4 is 23.2 Å². The molecule has 3 rings (SSSR count). The van der Waals surface area contributed by atoms with E-state index in [2.05, 4.69) is 10.00 Å². The van der Waals surface area contributed by atoms with Crippen molar-refractivity contribution in [2.24, 2.45) is 0 Å². The first kappa shape index (κ1) is 19.3. The van der Waals surface area contributed by atoms with Crippen LogP contribution in [0.2, 0.25) is 0 Å². The molecule has 0 saturated carbocycles. The molecule has 0 spiro atoms. The molecule has 0 radical (unpaired) electrons. The fourth-order valence-electron chi connectivity index (χ4n) is 3.39. The minimum Gasteiger partial charge on any atom is -0.444 e. The number of anilines is 2. The Morgan fingerprint density at radius 3 is 2.67 bits per heavy atom. The molecule has 2 N–H and O–H groups in total. The number of ether oxygens (including phenoxy) is 1. The molecule has 148 valence electrons. The number of hydrogen-bond acceptors (Lipinski definition) is 6. The number of piperazine rings is 1. The van der Waals surface area contributed by atoms with Gasteiger partial charge in [-0.3, -0.25) is 0 Å². The van der Waals surface area contributed by atoms with Crippen LogP contribution in [0.4, 0.5) is 16.3 Å². The molecule has 0 unspecified atom stereocenters. The number of aryl methyl sites for hydroxylation is 2. The highest BCUT2D eigenvalue weighted by atomic mass is 16.6. The summed E-state index contributed by atoms with van der Waals surface area (Å²) in [5.74, 6) is 0.866. The SMILES string of the molecule is CCc1nn2c(C)cc(N3CCN(C(=O)OC(C)(C)C)[C@H](C)C3)nc2c1N. The van der Waals surface area contributed by atoms with E-state index in [9.17, 15) is 4.79 Å². The van der Waals surface area contributed by atoms with Crippen LogP contribution in [0, 0.1) is 6.92 Å². The van der Waals surface area contributed by atoms with Gasteiger partial charge in [-0.2, -0.15) is 5.10 Å². The van der Waals surface area contributed by atoms with Gasteiger partial charge in [-0.25, -0.2) is 14.3 Å². The van der Waals surface area contributed by atoms with Crippen molar-refractivity contribution in [2.75, 3.05) is 30.3 Å². The Morgan fingerprint density at radius 2 is 2.07 bits per heavy atom. The molecule has 0 bridgehead atoms. The Labute approximate surface area is 160 Å². The second kappa shape index (κ2) is 6.90. The molecular formula is C19H30N6O2. The number of aromatic nitrogens is 3. The van der Waals surface area contributed by atoms with Crippen molar-refractivity contribution < 1.29 is 9.53 Å². The second-order valence-corrected chi connectivity index (χ2v) is 8.17. The van der Waals surface area contributed by atoms with E-state index in [4.69, 9.17) is 15.5 Å². The van der Waals surface area contributed by atoms with Crippen molar-refractivity contribution in [3.63, 3.8) is 0 Å². The molecule has 1 atom stereocenters. The Balaban J connectivity index is 1.81. The van der Waals surface area contributed by atoms with E-state index < -0.39 is 5.60 Å². The largest absolute Gasteiger partial charge is 0.444 e. The van der Waals surface area contributed by atoms with Crippen LogP contribution in [-0.2, 0) is 11.2 Å². The Morgan fingerprint density at radius 1 is 1.37 bits per heavy atom. The maximum absolute atomic E-state index is 12.4. The van der Waals surface area contributed by atoms with Gasteiger partial charge in [0.15, 0.2) is 5.65 Å². The number of hydrogen-bond donors (Lipinski definition) is 1. The average molecular weight is 374 g/mol. The predicted molar refractivity (Wildman–Crippen MR) is 106 cm³/mol. The van der Waals surface area contributed by atoms with Crippen LogP contribution in [0.25, 0.3) is 5.65 Å². The van der Waals surface area contributed by atoms with Gasteiger partial charge in [0.05, 0.1) is 5.69 Å². The van der Waals surface area contributed by atoms with Crippen molar-refractivity contribution in [3.8, 4) is 0 Å². The minimum absolute atomic E-state index is 0.0281. The van der Waals surface area contributed by atoms with Crippen LogP contribution >= 0.6 is 0 Å². The summed E-state index contributed by atoms with van der Waals surface area (Å²) in [6, 6.07) is 2.05. The summed E-state index contributed by atoms with van der Waals surface area (Å²) < 4.78 is 7.32. The summed E-state index contributed by atoms with van der Waals surface area (Å²) in [5, 5.41) is 4.54. The molecule has 2 aromatic heterocycles. The molecule has 2 aromatic rings. The zero-order valence-corrected chi connectivity index (χ0v) is 17.1. The first-order valence-corrected chi connectivity index (χ1v) is 9.50. The zero-order valence-electron chi connectivity index (χ0n) is 17.1. The first-order chi connectivity index (χ1) is 12.6. The quantitative estimate of drug-likeness (QED) is 0.869. The highest BCUT2D eigenvalue weighted by Crippen LogP contribution is 2.25. The van der Waals surface area contributed by atoms with Crippen molar-refractivity contribution in [2.45, 2.75) is 59.6 Å². The maximum Gasteiger partial charge on any atom is 0.410 e. The van der Waals surface area contributed by atoms with E-state index in [1.165, 1.54) is 0 Å². The lowest BCUT2D eigenvalue weighted by Crippen LogP contribution is -2.55. The fourth-order valence-corrected chi connectivity index (χ4v) is 3.39. The van der Waals surface area contributed by atoms with E-state index in [0.29, 0.717) is 31.0 Å². The fraction of sp³-hybridized carbons (Fsp3) is 0.632. The van der Waals surface area contributed by atoms with Crippen LogP contribution in [-0.4, -0.2) is 56.9 Å². The van der Waals surface area contributed by atoms with Crippen LogP contribution in [0.1, 0.15) is 46.0 Å². The van der Waals surface area contributed by atoms with Gasteiger partial charge in [0, 0.05) is 37.4 Å². The van der Waals surface area contributed by atoms with Gasteiger partial charge in [0.25, 0.3) is 0 Å². The summed E-state index contributed by atoms with van der Waals surface area (Å²) in [5.41, 5.74) is 8.93. The van der Waals surface area contributed by atoms with E-state index in [0.717, 1.165) is 23.6 Å². The topological polar surface area (TPSA) is 89.0 Å². The normalized spacial score (nSPS) is 18.2. The van der Waals surface area contributed by atoms with E-state index in [-0.39, 0.29) is 12.1 Å². The highest BCUT2D eigenvalue weighted by molar-refractivity contribution is 5.71. The molecule has 3 heterocycles. The number of carbonyl (C=O) groups excluding carboxylic acids is 1. The van der Waals surface area contributed by atoms with Gasteiger partial charge in [-0.15, -0.1) is 0 Å². The van der Waals surface area contributed by atoms with Crippen molar-refractivity contribution in [3.05, 3.63) is 17.5 Å². The molecule has 1 aliphatic rings. The van der Waals surface area contributed by atoms with Gasteiger partial charge in [0.2, 0.25) is 0 Å². The third-order valence-electron chi connectivity index (χ3n) is 4.78. The summed E-state index contributed by atoms with van der Waals surface area (Å²) in [6.07, 6.45) is 0.511. The lowest BCUT2D eigenvalue weighted by molar-refractivity contribution is 0.0158. The number of nitrogen functional groups attached to an aromatic ring is 1. The summed E-state index contributed by atoms with van der Waals surface area (Å²) in [4.78, 5) is 21.2. The number of carbonyl (C=O) groups is 1. The minimum atomic E-state index is -0.492. The molecule has 8 heteroatoms. The number of rotatable bonds is 2. The van der Waals surface area contributed by atoms with Gasteiger partial charge in [0.1, 0.15) is 17.1 Å². The summed E-state index contributed by atoms with van der Waals surface area (Å²) in [6.45, 7) is 13.7. The van der Waals surface area contributed by atoms with Crippen LogP contribution in [0.15, 0.2) is 6.07 Å². The van der Waals surface area contributed by atoms with Crippen LogP contribution in [0.5, 0.6) is 0 Å². The van der Waals surface area contributed by atoms with E-state index >= 15 is 0 Å². The third-order valence-corrected chi connectivity index (χ3v) is 4.78. The van der Waals surface area contributed by atoms with Gasteiger partial charge in [-0.05, 0) is 41.0 Å². The molecule has 1 aliphatic heterocycles. The Kier molecular flexibility index (Phi) is 4.92. The van der Waals surface area contributed by atoms with Gasteiger partial charge >= 0.3 is 6.09 Å². The smallest absolute Gasteiger partial charge is 0.410 e.